The number of benzene rings is 2. The second-order valence-electron chi connectivity index (χ2n) is 6.01. The van der Waals surface area contributed by atoms with Crippen LogP contribution in [0.2, 0.25) is 0 Å². The van der Waals surface area contributed by atoms with E-state index in [-0.39, 0.29) is 18.9 Å². The van der Waals surface area contributed by atoms with E-state index in [2.05, 4.69) is 10.4 Å². The van der Waals surface area contributed by atoms with Crippen molar-refractivity contribution in [2.45, 2.75) is 19.0 Å². The normalized spacial score (nSPS) is 11.6. The van der Waals surface area contributed by atoms with Crippen molar-refractivity contribution in [3.05, 3.63) is 76.8 Å². The van der Waals surface area contributed by atoms with Gasteiger partial charge in [0.25, 0.3) is 0 Å². The average Bonchev–Trinajstić information content (AvgIpc) is 3.09. The lowest BCUT2D eigenvalue weighted by atomic mass is 10.0. The van der Waals surface area contributed by atoms with Crippen molar-refractivity contribution in [1.29, 1.82) is 0 Å². The molecular weight excluding hydrogens is 362 g/mol. The molecule has 0 aliphatic carbocycles. The lowest BCUT2D eigenvalue weighted by Crippen LogP contribution is -2.35. The number of amides is 1. The van der Waals surface area contributed by atoms with E-state index >= 15 is 0 Å². The molecule has 0 aliphatic rings. The van der Waals surface area contributed by atoms with E-state index in [4.69, 9.17) is 9.15 Å². The summed E-state index contributed by atoms with van der Waals surface area (Å²) in [5, 5.41) is 6.80. The summed E-state index contributed by atoms with van der Waals surface area (Å²) in [6.45, 7) is -0.334. The van der Waals surface area contributed by atoms with Crippen LogP contribution in [0.4, 0.5) is 0 Å². The highest BCUT2D eigenvalue weighted by Crippen LogP contribution is 2.17. The predicted molar refractivity (Wildman–Crippen MR) is 100 cm³/mol. The minimum absolute atomic E-state index is 0.0325. The minimum Gasteiger partial charge on any atom is -0.469 e. The lowest BCUT2D eigenvalue weighted by molar-refractivity contribution is -0.141. The van der Waals surface area contributed by atoms with Crippen LogP contribution in [-0.4, -0.2) is 28.8 Å². The Kier molecular flexibility index (Phi) is 6.01. The van der Waals surface area contributed by atoms with Gasteiger partial charge in [-0.3, -0.25) is 9.59 Å². The fourth-order valence-electron chi connectivity index (χ4n) is 2.67. The van der Waals surface area contributed by atoms with Crippen LogP contribution in [0, 0.1) is 0 Å². The molecule has 1 amide bonds. The molecule has 3 rings (SSSR count). The third-order valence-electron chi connectivity index (χ3n) is 4.06. The quantitative estimate of drug-likeness (QED) is 0.627. The molecule has 0 radical (unpaired) electrons. The summed E-state index contributed by atoms with van der Waals surface area (Å²) in [5.41, 5.74) is 1.38. The molecule has 144 valence electrons. The minimum atomic E-state index is -0.738. The van der Waals surface area contributed by atoms with Crippen molar-refractivity contribution < 1.29 is 18.7 Å². The Morgan fingerprint density at radius 2 is 1.75 bits per heavy atom. The van der Waals surface area contributed by atoms with Gasteiger partial charge >= 0.3 is 11.7 Å². The van der Waals surface area contributed by atoms with Gasteiger partial charge in [0.2, 0.25) is 11.8 Å². The summed E-state index contributed by atoms with van der Waals surface area (Å²) in [6.07, 6.45) is -0.0325. The van der Waals surface area contributed by atoms with Gasteiger partial charge in [0.1, 0.15) is 6.54 Å². The second-order valence-corrected chi connectivity index (χ2v) is 6.01. The van der Waals surface area contributed by atoms with E-state index in [1.807, 2.05) is 12.1 Å². The van der Waals surface area contributed by atoms with Gasteiger partial charge in [0.05, 0.1) is 19.6 Å². The van der Waals surface area contributed by atoms with Gasteiger partial charge in [-0.2, -0.15) is 4.68 Å². The fourth-order valence-corrected chi connectivity index (χ4v) is 2.67. The number of carbonyl (C=O) groups is 2. The molecule has 1 aromatic heterocycles. The first-order valence-electron chi connectivity index (χ1n) is 8.61. The van der Waals surface area contributed by atoms with Crippen molar-refractivity contribution in [1.82, 2.24) is 15.1 Å². The molecule has 1 heterocycles. The molecule has 0 aliphatic heterocycles. The highest BCUT2D eigenvalue weighted by Gasteiger charge is 2.20. The zero-order valence-corrected chi connectivity index (χ0v) is 15.2. The van der Waals surface area contributed by atoms with Crippen LogP contribution >= 0.6 is 0 Å². The monoisotopic (exact) mass is 381 g/mol. The van der Waals surface area contributed by atoms with Crippen molar-refractivity contribution in [3.8, 4) is 11.5 Å². The summed E-state index contributed by atoms with van der Waals surface area (Å²) < 4.78 is 10.8. The Morgan fingerprint density at radius 3 is 2.39 bits per heavy atom. The number of hydrogen-bond acceptors (Lipinski definition) is 6. The van der Waals surface area contributed by atoms with Crippen LogP contribution in [0.5, 0.6) is 0 Å². The zero-order valence-electron chi connectivity index (χ0n) is 15.2. The maximum Gasteiger partial charge on any atom is 0.437 e. The molecule has 1 atom stereocenters. The van der Waals surface area contributed by atoms with Gasteiger partial charge in [0, 0.05) is 5.56 Å². The van der Waals surface area contributed by atoms with Gasteiger partial charge in [-0.15, -0.1) is 5.10 Å². The van der Waals surface area contributed by atoms with E-state index < -0.39 is 23.7 Å². The molecule has 0 saturated carbocycles. The van der Waals surface area contributed by atoms with Crippen LogP contribution in [0.15, 0.2) is 69.9 Å². The number of aromatic nitrogens is 2. The van der Waals surface area contributed by atoms with Crippen molar-refractivity contribution in [2.24, 2.45) is 0 Å². The summed E-state index contributed by atoms with van der Waals surface area (Å²) in [6, 6.07) is 17.4. The highest BCUT2D eigenvalue weighted by molar-refractivity contribution is 5.78. The maximum absolute atomic E-state index is 12.5. The van der Waals surface area contributed by atoms with Gasteiger partial charge < -0.3 is 14.5 Å². The molecule has 0 bridgehead atoms. The number of rotatable bonds is 7. The molecule has 0 spiro atoms. The fraction of sp³-hybridized carbons (Fsp3) is 0.200. The Balaban J connectivity index is 1.73. The summed E-state index contributed by atoms with van der Waals surface area (Å²) in [5.74, 6) is -1.54. The molecule has 2 aromatic carbocycles. The number of methoxy groups -OCH3 is 1. The summed E-state index contributed by atoms with van der Waals surface area (Å²) in [4.78, 5) is 36.2. The third-order valence-corrected chi connectivity index (χ3v) is 4.06. The average molecular weight is 381 g/mol. The SMILES string of the molecule is COC(=O)CC(NC(=O)Cn1nc(-c2ccccc2)oc1=O)c1ccccc1. The smallest absolute Gasteiger partial charge is 0.437 e. The number of hydrogen-bond donors (Lipinski definition) is 1. The molecular formula is C20H19N3O5. The van der Waals surface area contributed by atoms with E-state index in [1.165, 1.54) is 7.11 Å². The number of nitrogens with one attached hydrogen (secondary N) is 1. The van der Waals surface area contributed by atoms with Crippen molar-refractivity contribution >= 4 is 11.9 Å². The third kappa shape index (κ3) is 4.73. The van der Waals surface area contributed by atoms with Crippen LogP contribution in [0.25, 0.3) is 11.5 Å². The molecule has 8 heteroatoms. The van der Waals surface area contributed by atoms with E-state index in [0.717, 1.165) is 10.2 Å². The Hall–Kier alpha value is -3.68. The standard InChI is InChI=1S/C20H19N3O5/c1-27-18(25)12-16(14-8-4-2-5-9-14)21-17(24)13-23-20(26)28-19(22-23)15-10-6-3-7-11-15/h2-11,16H,12-13H2,1H3,(H,21,24). The first-order valence-corrected chi connectivity index (χ1v) is 8.61. The Labute approximate surface area is 160 Å². The zero-order chi connectivity index (χ0) is 19.9. The van der Waals surface area contributed by atoms with Crippen LogP contribution < -0.4 is 11.1 Å². The largest absolute Gasteiger partial charge is 0.469 e. The summed E-state index contributed by atoms with van der Waals surface area (Å²) in [7, 11) is 1.28. The Bertz CT molecular complexity index is 995. The van der Waals surface area contributed by atoms with Gasteiger partial charge in [-0.1, -0.05) is 48.5 Å². The molecule has 0 fully saturated rings. The number of ether oxygens (including phenoxy) is 1. The topological polar surface area (TPSA) is 103 Å². The number of nitrogens with zero attached hydrogens (tertiary/aromatic N) is 2. The van der Waals surface area contributed by atoms with Crippen LogP contribution in [0.3, 0.4) is 0 Å². The first kappa shape index (κ1) is 19.1. The molecule has 0 saturated heterocycles. The second kappa shape index (κ2) is 8.81. The molecule has 1 N–H and O–H groups in total. The van der Waals surface area contributed by atoms with Gasteiger partial charge in [0.15, 0.2) is 0 Å². The van der Waals surface area contributed by atoms with Crippen molar-refractivity contribution in [2.75, 3.05) is 7.11 Å². The number of esters is 1. The first-order chi connectivity index (χ1) is 13.6. The molecule has 3 aromatic rings. The van der Waals surface area contributed by atoms with E-state index in [0.29, 0.717) is 5.56 Å². The number of carbonyl (C=O) groups excluding carboxylic acids is 2. The lowest BCUT2D eigenvalue weighted by Gasteiger charge is -2.18. The van der Waals surface area contributed by atoms with E-state index in [9.17, 15) is 14.4 Å². The van der Waals surface area contributed by atoms with Crippen LogP contribution in [0.1, 0.15) is 18.0 Å². The molecule has 8 nitrogen and oxygen atoms in total. The van der Waals surface area contributed by atoms with Crippen molar-refractivity contribution in [3.63, 3.8) is 0 Å². The highest BCUT2D eigenvalue weighted by atomic mass is 16.5. The van der Waals surface area contributed by atoms with Crippen LogP contribution in [-0.2, 0) is 20.9 Å². The van der Waals surface area contributed by atoms with Gasteiger partial charge in [-0.25, -0.2) is 4.79 Å². The molecule has 28 heavy (non-hydrogen) atoms. The maximum atomic E-state index is 12.5. The Morgan fingerprint density at radius 1 is 1.11 bits per heavy atom. The predicted octanol–water partition coefficient (Wildman–Crippen LogP) is 1.92. The van der Waals surface area contributed by atoms with E-state index in [1.54, 1.807) is 48.5 Å². The van der Waals surface area contributed by atoms with Gasteiger partial charge in [-0.05, 0) is 17.7 Å². The molecule has 1 unspecified atom stereocenters. The summed E-state index contributed by atoms with van der Waals surface area (Å²) >= 11 is 0.